The van der Waals surface area contributed by atoms with Crippen molar-refractivity contribution in [1.29, 1.82) is 0 Å². The molecule has 0 unspecified atom stereocenters. The van der Waals surface area contributed by atoms with Gasteiger partial charge in [-0.2, -0.15) is 0 Å². The maximum Gasteiger partial charge on any atom is 0.239 e. The van der Waals surface area contributed by atoms with Crippen LogP contribution in [0.2, 0.25) is 0 Å². The van der Waals surface area contributed by atoms with Crippen LogP contribution in [0.5, 0.6) is 17.4 Å². The first kappa shape index (κ1) is 15.8. The second kappa shape index (κ2) is 6.00. The van der Waals surface area contributed by atoms with Crippen LogP contribution in [0, 0.1) is 6.92 Å². The number of benzene rings is 1. The highest BCUT2D eigenvalue weighted by atomic mass is 16.5. The summed E-state index contributed by atoms with van der Waals surface area (Å²) in [5.41, 5.74) is 2.39. The topological polar surface area (TPSA) is 85.4 Å². The van der Waals surface area contributed by atoms with Crippen molar-refractivity contribution in [1.82, 2.24) is 15.3 Å². The predicted molar refractivity (Wildman–Crippen MR) is 92.2 cm³/mol. The van der Waals surface area contributed by atoms with Crippen LogP contribution in [-0.4, -0.2) is 36.1 Å². The van der Waals surface area contributed by atoms with Gasteiger partial charge in [-0.3, -0.25) is 4.79 Å². The molecule has 0 atom stereocenters. The SMILES string of the molecule is CNCC(=O)Nc1cnc(Oc2ccc(C)c3c2C2(CC2)CO3)cn1. The van der Waals surface area contributed by atoms with Crippen LogP contribution in [-0.2, 0) is 10.2 Å². The molecule has 2 N–H and O–H groups in total. The summed E-state index contributed by atoms with van der Waals surface area (Å²) in [5, 5.41) is 5.43. The Balaban J connectivity index is 1.54. The number of nitrogens with zero attached hydrogens (tertiary/aromatic N) is 2. The Morgan fingerprint density at radius 2 is 2.16 bits per heavy atom. The molecular weight excluding hydrogens is 320 g/mol. The number of ether oxygens (including phenoxy) is 2. The van der Waals surface area contributed by atoms with Crippen LogP contribution >= 0.6 is 0 Å². The number of aryl methyl sites for hydroxylation is 1. The molecule has 1 aliphatic heterocycles. The third-order valence-electron chi connectivity index (χ3n) is 4.64. The van der Waals surface area contributed by atoms with Gasteiger partial charge in [-0.05, 0) is 38.4 Å². The van der Waals surface area contributed by atoms with Crippen LogP contribution in [0.25, 0.3) is 0 Å². The molecule has 1 fully saturated rings. The fraction of sp³-hybridized carbons (Fsp3) is 0.389. The first-order valence-electron chi connectivity index (χ1n) is 8.32. The van der Waals surface area contributed by atoms with E-state index in [2.05, 4.69) is 20.6 Å². The predicted octanol–water partition coefficient (Wildman–Crippen LogP) is 2.16. The van der Waals surface area contributed by atoms with Crippen molar-refractivity contribution in [2.75, 3.05) is 25.5 Å². The zero-order chi connectivity index (χ0) is 17.4. The van der Waals surface area contributed by atoms with Gasteiger partial charge >= 0.3 is 0 Å². The van der Waals surface area contributed by atoms with E-state index in [1.807, 2.05) is 19.1 Å². The summed E-state index contributed by atoms with van der Waals surface area (Å²) in [6, 6.07) is 3.96. The highest BCUT2D eigenvalue weighted by Crippen LogP contribution is 2.59. The minimum absolute atomic E-state index is 0.116. The van der Waals surface area contributed by atoms with Crippen molar-refractivity contribution in [2.45, 2.75) is 25.2 Å². The van der Waals surface area contributed by atoms with Gasteiger partial charge in [0.15, 0.2) is 5.82 Å². The molecule has 4 rings (SSSR count). The quantitative estimate of drug-likeness (QED) is 0.867. The van der Waals surface area contributed by atoms with Gasteiger partial charge in [-0.25, -0.2) is 9.97 Å². The van der Waals surface area contributed by atoms with E-state index >= 15 is 0 Å². The molecule has 0 saturated heterocycles. The Bertz CT molecular complexity index is 816. The van der Waals surface area contributed by atoms with Crippen LogP contribution in [0.3, 0.4) is 0 Å². The van der Waals surface area contributed by atoms with E-state index in [1.165, 1.54) is 12.4 Å². The molecule has 1 amide bonds. The largest absolute Gasteiger partial charge is 0.492 e. The Morgan fingerprint density at radius 3 is 2.84 bits per heavy atom. The third-order valence-corrected chi connectivity index (χ3v) is 4.64. The molecule has 1 saturated carbocycles. The van der Waals surface area contributed by atoms with Crippen molar-refractivity contribution in [3.05, 3.63) is 35.7 Å². The number of nitrogens with one attached hydrogen (secondary N) is 2. The number of hydrogen-bond donors (Lipinski definition) is 2. The molecule has 1 aliphatic carbocycles. The van der Waals surface area contributed by atoms with E-state index in [0.29, 0.717) is 11.7 Å². The molecular formula is C18H20N4O3. The standard InChI is InChI=1S/C18H20N4O3/c1-11-3-4-12(16-17(11)24-10-18(16)5-6-18)25-15-9-20-13(7-21-15)22-14(23)8-19-2/h3-4,7,9,19H,5-6,8,10H2,1-2H3,(H,20,22,23). The lowest BCUT2D eigenvalue weighted by Gasteiger charge is -2.13. The van der Waals surface area contributed by atoms with Crippen molar-refractivity contribution >= 4 is 11.7 Å². The summed E-state index contributed by atoms with van der Waals surface area (Å²) >= 11 is 0. The Kier molecular flexibility index (Phi) is 3.80. The number of carbonyl (C=O) groups excluding carboxylic acids is 1. The van der Waals surface area contributed by atoms with Crippen LogP contribution in [0.4, 0.5) is 5.82 Å². The Hall–Kier alpha value is -2.67. The number of hydrogen-bond acceptors (Lipinski definition) is 6. The number of anilines is 1. The normalized spacial score (nSPS) is 16.2. The van der Waals surface area contributed by atoms with Gasteiger partial charge in [0.2, 0.25) is 11.8 Å². The number of fused-ring (bicyclic) bond motifs is 2. The van der Waals surface area contributed by atoms with Gasteiger partial charge in [0, 0.05) is 11.0 Å². The summed E-state index contributed by atoms with van der Waals surface area (Å²) in [5.74, 6) is 2.33. The van der Waals surface area contributed by atoms with E-state index in [-0.39, 0.29) is 17.9 Å². The molecule has 2 aromatic rings. The van der Waals surface area contributed by atoms with E-state index in [1.54, 1.807) is 7.05 Å². The van der Waals surface area contributed by atoms with Gasteiger partial charge < -0.3 is 20.1 Å². The minimum atomic E-state index is -0.172. The highest BCUT2D eigenvalue weighted by molar-refractivity contribution is 5.91. The first-order valence-corrected chi connectivity index (χ1v) is 8.32. The number of aromatic nitrogens is 2. The fourth-order valence-corrected chi connectivity index (χ4v) is 3.16. The number of rotatable bonds is 5. The van der Waals surface area contributed by atoms with Crippen LogP contribution < -0.4 is 20.1 Å². The molecule has 130 valence electrons. The Morgan fingerprint density at radius 1 is 1.32 bits per heavy atom. The molecule has 2 heterocycles. The van der Waals surface area contributed by atoms with Crippen molar-refractivity contribution in [3.8, 4) is 17.4 Å². The third kappa shape index (κ3) is 2.91. The first-order chi connectivity index (χ1) is 12.1. The summed E-state index contributed by atoms with van der Waals surface area (Å²) < 4.78 is 11.9. The van der Waals surface area contributed by atoms with Gasteiger partial charge in [0.1, 0.15) is 11.5 Å². The maximum absolute atomic E-state index is 11.5. The van der Waals surface area contributed by atoms with Gasteiger partial charge in [-0.1, -0.05) is 6.07 Å². The number of amides is 1. The molecule has 0 radical (unpaired) electrons. The molecule has 1 aromatic carbocycles. The van der Waals surface area contributed by atoms with Crippen molar-refractivity contribution in [3.63, 3.8) is 0 Å². The van der Waals surface area contributed by atoms with E-state index < -0.39 is 0 Å². The summed E-state index contributed by atoms with van der Waals surface area (Å²) in [7, 11) is 1.71. The fourth-order valence-electron chi connectivity index (χ4n) is 3.16. The zero-order valence-electron chi connectivity index (χ0n) is 14.3. The minimum Gasteiger partial charge on any atom is -0.492 e. The summed E-state index contributed by atoms with van der Waals surface area (Å²) in [6.45, 7) is 3.00. The second-order valence-electron chi connectivity index (χ2n) is 6.57. The van der Waals surface area contributed by atoms with Crippen LogP contribution in [0.1, 0.15) is 24.0 Å². The van der Waals surface area contributed by atoms with E-state index in [0.717, 1.165) is 42.1 Å². The average molecular weight is 340 g/mol. The number of likely N-dealkylation sites (N-methyl/N-ethyl adjacent to an activating group) is 1. The van der Waals surface area contributed by atoms with Gasteiger partial charge in [0.25, 0.3) is 0 Å². The molecule has 0 bridgehead atoms. The molecule has 1 spiro atoms. The molecule has 25 heavy (non-hydrogen) atoms. The maximum atomic E-state index is 11.5. The monoisotopic (exact) mass is 340 g/mol. The lowest BCUT2D eigenvalue weighted by molar-refractivity contribution is -0.115. The van der Waals surface area contributed by atoms with Gasteiger partial charge in [-0.15, -0.1) is 0 Å². The van der Waals surface area contributed by atoms with Gasteiger partial charge in [0.05, 0.1) is 25.5 Å². The lowest BCUT2D eigenvalue weighted by Crippen LogP contribution is -2.25. The van der Waals surface area contributed by atoms with E-state index in [4.69, 9.17) is 9.47 Å². The zero-order valence-corrected chi connectivity index (χ0v) is 14.3. The Labute approximate surface area is 145 Å². The average Bonchev–Trinajstić information content (AvgIpc) is 3.26. The van der Waals surface area contributed by atoms with Crippen LogP contribution in [0.15, 0.2) is 24.5 Å². The number of carbonyl (C=O) groups is 1. The summed E-state index contributed by atoms with van der Waals surface area (Å²) in [4.78, 5) is 20.0. The highest BCUT2D eigenvalue weighted by Gasteiger charge is 2.53. The molecule has 1 aromatic heterocycles. The summed E-state index contributed by atoms with van der Waals surface area (Å²) in [6.07, 6.45) is 5.25. The van der Waals surface area contributed by atoms with E-state index in [9.17, 15) is 4.79 Å². The lowest BCUT2D eigenvalue weighted by atomic mass is 9.95. The molecule has 7 nitrogen and oxygen atoms in total. The van der Waals surface area contributed by atoms with Crippen molar-refractivity contribution < 1.29 is 14.3 Å². The molecule has 7 heteroatoms. The second-order valence-corrected chi connectivity index (χ2v) is 6.57. The molecule has 2 aliphatic rings. The smallest absolute Gasteiger partial charge is 0.239 e. The van der Waals surface area contributed by atoms with Crippen molar-refractivity contribution in [2.24, 2.45) is 0 Å².